The zero-order chi connectivity index (χ0) is 28.1. The van der Waals surface area contributed by atoms with E-state index < -0.39 is 35.1 Å². The van der Waals surface area contributed by atoms with Crippen molar-refractivity contribution in [3.63, 3.8) is 0 Å². The molecular weight excluding hydrogens is 482 g/mol. The van der Waals surface area contributed by atoms with Crippen LogP contribution in [-0.2, 0) is 19.1 Å². The monoisotopic (exact) mass is 531 g/mol. The molecule has 1 N–H and O–H groups in total. The van der Waals surface area contributed by atoms with Crippen LogP contribution in [0.1, 0.15) is 79.1 Å². The molecule has 2 unspecified atom stereocenters. The lowest BCUT2D eigenvalue weighted by Gasteiger charge is -2.39. The fourth-order valence-electron chi connectivity index (χ4n) is 7.20. The minimum absolute atomic E-state index is 0.0930. The quantitative estimate of drug-likeness (QED) is 0.243. The van der Waals surface area contributed by atoms with Gasteiger partial charge in [-0.05, 0) is 38.5 Å². The molecule has 3 amide bonds. The smallest absolute Gasteiger partial charge is 0.248 e. The molecule has 3 fully saturated rings. The SMILES string of the molecule is C=CCN(CCCCC)C(=O)C1N([C@@H](CC)CO)C(=O)[C@@H]2[C@H](C(=O)N(CC=C)CCC)[C@]3(CC)CCC12O3. The first-order valence-corrected chi connectivity index (χ1v) is 14.7. The predicted molar refractivity (Wildman–Crippen MR) is 148 cm³/mol. The van der Waals surface area contributed by atoms with E-state index in [1.807, 2.05) is 20.8 Å². The summed E-state index contributed by atoms with van der Waals surface area (Å²) in [6.45, 7) is 17.4. The van der Waals surface area contributed by atoms with Crippen molar-refractivity contribution in [2.75, 3.05) is 32.8 Å². The lowest BCUT2D eigenvalue weighted by atomic mass is 9.64. The molecule has 0 saturated carbocycles. The average molecular weight is 532 g/mol. The Morgan fingerprint density at radius 2 is 1.71 bits per heavy atom. The molecule has 0 aromatic rings. The molecule has 3 aliphatic rings. The van der Waals surface area contributed by atoms with Gasteiger partial charge in [-0.3, -0.25) is 14.4 Å². The van der Waals surface area contributed by atoms with Gasteiger partial charge in [0.25, 0.3) is 0 Å². The third kappa shape index (κ3) is 4.94. The van der Waals surface area contributed by atoms with Crippen LogP contribution in [0.15, 0.2) is 25.3 Å². The standard InChI is InChI=1S/C30H49N3O5/c1-7-13-14-20-32(19-10-4)28(37)25-30-16-15-29(12-6,38-30)23(26(35)31(17-8-2)18-9-3)24(30)27(36)33(25)22(11-5)21-34/h8,10,22-25,34H,2,4,7,9,11-21H2,1,3,5-6H3/t22-,23+,24-,25?,29-,30?/m0/s1. The van der Waals surface area contributed by atoms with E-state index in [1.54, 1.807) is 26.9 Å². The summed E-state index contributed by atoms with van der Waals surface area (Å²) in [6, 6.07) is -1.39. The molecule has 8 heteroatoms. The number of carbonyl (C=O) groups excluding carboxylic acids is 3. The van der Waals surface area contributed by atoms with Gasteiger partial charge in [0.15, 0.2) is 0 Å². The molecule has 214 valence electrons. The summed E-state index contributed by atoms with van der Waals surface area (Å²) in [7, 11) is 0. The molecule has 3 saturated heterocycles. The number of hydrogen-bond donors (Lipinski definition) is 1. The molecule has 2 bridgehead atoms. The lowest BCUT2D eigenvalue weighted by Crippen LogP contribution is -2.59. The summed E-state index contributed by atoms with van der Waals surface area (Å²) in [6.07, 6.45) is 9.38. The predicted octanol–water partition coefficient (Wildman–Crippen LogP) is 3.54. The van der Waals surface area contributed by atoms with E-state index in [0.717, 1.165) is 25.7 Å². The number of aliphatic hydroxyl groups excluding tert-OH is 1. The minimum atomic E-state index is -1.08. The van der Waals surface area contributed by atoms with E-state index in [2.05, 4.69) is 20.1 Å². The highest BCUT2D eigenvalue weighted by molar-refractivity contribution is 5.99. The summed E-state index contributed by atoms with van der Waals surface area (Å²) in [5.74, 6) is -1.90. The van der Waals surface area contributed by atoms with E-state index in [9.17, 15) is 19.5 Å². The van der Waals surface area contributed by atoms with Crippen molar-refractivity contribution in [1.82, 2.24) is 14.7 Å². The Labute approximate surface area is 229 Å². The van der Waals surface area contributed by atoms with E-state index in [0.29, 0.717) is 51.9 Å². The summed E-state index contributed by atoms with van der Waals surface area (Å²) in [5, 5.41) is 10.3. The molecule has 3 rings (SSSR count). The summed E-state index contributed by atoms with van der Waals surface area (Å²) in [5.41, 5.74) is -1.86. The highest BCUT2D eigenvalue weighted by Crippen LogP contribution is 2.65. The maximum absolute atomic E-state index is 14.4. The first-order chi connectivity index (χ1) is 18.3. The number of nitrogens with zero attached hydrogens (tertiary/aromatic N) is 3. The Morgan fingerprint density at radius 1 is 1.05 bits per heavy atom. The molecule has 3 aliphatic heterocycles. The summed E-state index contributed by atoms with van der Waals surface area (Å²) in [4.78, 5) is 48.0. The third-order valence-corrected chi connectivity index (χ3v) is 9.04. The zero-order valence-electron chi connectivity index (χ0n) is 24.0. The van der Waals surface area contributed by atoms with Crippen LogP contribution in [0.25, 0.3) is 0 Å². The number of likely N-dealkylation sites (tertiary alicyclic amines) is 1. The fraction of sp³-hybridized carbons (Fsp3) is 0.767. The number of carbonyl (C=O) groups is 3. The van der Waals surface area contributed by atoms with Crippen LogP contribution in [0.4, 0.5) is 0 Å². The second-order valence-electron chi connectivity index (χ2n) is 11.2. The van der Waals surface area contributed by atoms with Crippen LogP contribution in [0.5, 0.6) is 0 Å². The van der Waals surface area contributed by atoms with Gasteiger partial charge in [0.2, 0.25) is 17.7 Å². The number of fused-ring (bicyclic) bond motifs is 1. The van der Waals surface area contributed by atoms with Crippen molar-refractivity contribution in [2.24, 2.45) is 11.8 Å². The molecule has 6 atom stereocenters. The van der Waals surface area contributed by atoms with Gasteiger partial charge >= 0.3 is 0 Å². The molecule has 0 aromatic heterocycles. The fourth-order valence-corrected chi connectivity index (χ4v) is 7.20. The van der Waals surface area contributed by atoms with Crippen LogP contribution in [0.3, 0.4) is 0 Å². The average Bonchev–Trinajstić information content (AvgIpc) is 3.52. The van der Waals surface area contributed by atoms with Gasteiger partial charge in [-0.15, -0.1) is 13.2 Å². The number of unbranched alkanes of at least 4 members (excludes halogenated alkanes) is 2. The third-order valence-electron chi connectivity index (χ3n) is 9.04. The van der Waals surface area contributed by atoms with E-state index in [-0.39, 0.29) is 24.3 Å². The second kappa shape index (κ2) is 12.8. The Balaban J connectivity index is 2.12. The van der Waals surface area contributed by atoms with Gasteiger partial charge < -0.3 is 24.5 Å². The summed E-state index contributed by atoms with van der Waals surface area (Å²) < 4.78 is 6.90. The highest BCUT2D eigenvalue weighted by atomic mass is 16.5. The van der Waals surface area contributed by atoms with Gasteiger partial charge in [-0.1, -0.05) is 52.7 Å². The van der Waals surface area contributed by atoms with Crippen LogP contribution in [-0.4, -0.2) is 93.6 Å². The van der Waals surface area contributed by atoms with Crippen molar-refractivity contribution in [1.29, 1.82) is 0 Å². The molecule has 8 nitrogen and oxygen atoms in total. The van der Waals surface area contributed by atoms with Gasteiger partial charge in [0.05, 0.1) is 30.1 Å². The van der Waals surface area contributed by atoms with Crippen LogP contribution < -0.4 is 0 Å². The number of ether oxygens (including phenoxy) is 1. The van der Waals surface area contributed by atoms with Crippen molar-refractivity contribution in [3.8, 4) is 0 Å². The Hall–Kier alpha value is -2.19. The van der Waals surface area contributed by atoms with E-state index in [1.165, 1.54) is 0 Å². The normalized spacial score (nSPS) is 30.3. The largest absolute Gasteiger partial charge is 0.394 e. The van der Waals surface area contributed by atoms with Gasteiger partial charge in [-0.2, -0.15) is 0 Å². The number of aliphatic hydroxyl groups is 1. The lowest BCUT2D eigenvalue weighted by molar-refractivity contribution is -0.158. The van der Waals surface area contributed by atoms with Crippen LogP contribution in [0.2, 0.25) is 0 Å². The van der Waals surface area contributed by atoms with Crippen molar-refractivity contribution >= 4 is 17.7 Å². The minimum Gasteiger partial charge on any atom is -0.394 e. The van der Waals surface area contributed by atoms with Crippen molar-refractivity contribution in [3.05, 3.63) is 25.3 Å². The van der Waals surface area contributed by atoms with Gasteiger partial charge in [-0.25, -0.2) is 0 Å². The number of hydrogen-bond acceptors (Lipinski definition) is 5. The topological polar surface area (TPSA) is 90.4 Å². The first-order valence-electron chi connectivity index (χ1n) is 14.7. The van der Waals surface area contributed by atoms with E-state index in [4.69, 9.17) is 4.74 Å². The van der Waals surface area contributed by atoms with Gasteiger partial charge in [0.1, 0.15) is 11.6 Å². The summed E-state index contributed by atoms with van der Waals surface area (Å²) >= 11 is 0. The maximum Gasteiger partial charge on any atom is 0.248 e. The van der Waals surface area contributed by atoms with Crippen LogP contribution in [0, 0.1) is 11.8 Å². The second-order valence-corrected chi connectivity index (χ2v) is 11.2. The van der Waals surface area contributed by atoms with Crippen molar-refractivity contribution < 1.29 is 24.2 Å². The molecule has 0 aromatic carbocycles. The number of rotatable bonds is 16. The number of amides is 3. The van der Waals surface area contributed by atoms with Crippen molar-refractivity contribution in [2.45, 2.75) is 102 Å². The Morgan fingerprint density at radius 3 is 2.24 bits per heavy atom. The maximum atomic E-state index is 14.4. The zero-order valence-corrected chi connectivity index (χ0v) is 24.0. The molecule has 3 heterocycles. The van der Waals surface area contributed by atoms with Crippen LogP contribution >= 0.6 is 0 Å². The highest BCUT2D eigenvalue weighted by Gasteiger charge is 2.79. The molecule has 1 spiro atoms. The molecule has 0 aliphatic carbocycles. The van der Waals surface area contributed by atoms with Gasteiger partial charge in [0, 0.05) is 26.2 Å². The first kappa shape index (κ1) is 30.4. The Bertz CT molecular complexity index is 889. The van der Waals surface area contributed by atoms with E-state index >= 15 is 0 Å². The molecule has 0 radical (unpaired) electrons. The molecule has 38 heavy (non-hydrogen) atoms. The Kier molecular flexibility index (Phi) is 10.2. The molecular formula is C30H49N3O5.